The van der Waals surface area contributed by atoms with Gasteiger partial charge in [-0.1, -0.05) is 23.9 Å². The van der Waals surface area contributed by atoms with Crippen LogP contribution in [0.3, 0.4) is 0 Å². The number of alkyl halides is 3. The number of imidazole rings is 1. The molecule has 138 valence electrons. The van der Waals surface area contributed by atoms with E-state index in [1.165, 1.54) is 30.0 Å². The Morgan fingerprint density at radius 1 is 1.04 bits per heavy atom. The topological polar surface area (TPSA) is 29.9 Å². The van der Waals surface area contributed by atoms with Crippen LogP contribution in [0, 0.1) is 5.82 Å². The van der Waals surface area contributed by atoms with E-state index in [9.17, 15) is 17.6 Å². The fourth-order valence-corrected chi connectivity index (χ4v) is 4.09. The number of nitrogens with one attached hydrogen (secondary N) is 1. The van der Waals surface area contributed by atoms with Crippen LogP contribution in [0.2, 0.25) is 0 Å². The van der Waals surface area contributed by atoms with Gasteiger partial charge in [0, 0.05) is 16.5 Å². The summed E-state index contributed by atoms with van der Waals surface area (Å²) in [5, 5.41) is 2.39. The van der Waals surface area contributed by atoms with Crippen LogP contribution in [0.1, 0.15) is 11.1 Å². The minimum atomic E-state index is -4.42. The molecule has 1 aromatic heterocycles. The van der Waals surface area contributed by atoms with Gasteiger partial charge in [-0.3, -0.25) is 5.43 Å². The molecule has 1 N–H and O–H groups in total. The predicted octanol–water partition coefficient (Wildman–Crippen LogP) is 6.12. The molecule has 0 amide bonds. The highest BCUT2D eigenvalue weighted by Gasteiger charge is 2.31. The van der Waals surface area contributed by atoms with Crippen molar-refractivity contribution >= 4 is 33.4 Å². The third-order valence-electron chi connectivity index (χ3n) is 3.92. The normalized spacial score (nSPS) is 13.7. The molecule has 2 aromatic carbocycles. The summed E-state index contributed by atoms with van der Waals surface area (Å²) in [5.41, 5.74) is 4.65. The molecule has 3 aromatic rings. The lowest BCUT2D eigenvalue weighted by molar-refractivity contribution is -0.137. The van der Waals surface area contributed by atoms with Crippen molar-refractivity contribution in [2.24, 2.45) is 0 Å². The van der Waals surface area contributed by atoms with Gasteiger partial charge in [-0.25, -0.2) is 14.1 Å². The number of nitrogens with zero attached hydrogens (tertiary/aromatic N) is 2. The molecule has 2 heterocycles. The predicted molar refractivity (Wildman–Crippen MR) is 100.0 cm³/mol. The molecule has 0 atom stereocenters. The van der Waals surface area contributed by atoms with Crippen LogP contribution < -0.4 is 5.43 Å². The van der Waals surface area contributed by atoms with E-state index in [0.717, 1.165) is 23.4 Å². The maximum Gasteiger partial charge on any atom is 0.416 e. The standard InChI is InChI=1S/C18H10BrF4N3S/c19-16-15(11-2-1-3-12(8-11)18(21,22)23)24-17-26(16)25-14(9-27-17)10-4-6-13(20)7-5-10/h1-9,25H. The Morgan fingerprint density at radius 2 is 1.78 bits per heavy atom. The van der Waals surface area contributed by atoms with Crippen molar-refractivity contribution in [3.05, 3.63) is 75.5 Å². The van der Waals surface area contributed by atoms with E-state index >= 15 is 0 Å². The fraction of sp³-hybridized carbons (Fsp3) is 0.0556. The lowest BCUT2D eigenvalue weighted by atomic mass is 10.1. The van der Waals surface area contributed by atoms with Crippen LogP contribution >= 0.6 is 27.7 Å². The first kappa shape index (κ1) is 18.1. The Hall–Kier alpha value is -2.26. The summed E-state index contributed by atoms with van der Waals surface area (Å²) in [6.07, 6.45) is -4.42. The number of benzene rings is 2. The Labute approximate surface area is 164 Å². The monoisotopic (exact) mass is 455 g/mol. The van der Waals surface area contributed by atoms with Crippen molar-refractivity contribution in [1.29, 1.82) is 0 Å². The molecule has 1 aliphatic heterocycles. The molecular weight excluding hydrogens is 446 g/mol. The molecule has 0 unspecified atom stereocenters. The van der Waals surface area contributed by atoms with Gasteiger partial charge in [-0.05, 0) is 52.3 Å². The maximum atomic E-state index is 13.1. The van der Waals surface area contributed by atoms with Crippen molar-refractivity contribution < 1.29 is 17.6 Å². The average Bonchev–Trinajstić information content (AvgIpc) is 2.98. The number of halogens is 5. The second-order valence-electron chi connectivity index (χ2n) is 5.72. The first-order valence-electron chi connectivity index (χ1n) is 7.68. The summed E-state index contributed by atoms with van der Waals surface area (Å²) in [7, 11) is 0. The molecule has 3 nitrogen and oxygen atoms in total. The first-order chi connectivity index (χ1) is 12.8. The van der Waals surface area contributed by atoms with Crippen LogP contribution in [-0.2, 0) is 6.18 Å². The van der Waals surface area contributed by atoms with E-state index in [-0.39, 0.29) is 5.82 Å². The largest absolute Gasteiger partial charge is 0.416 e. The Kier molecular flexibility index (Phi) is 4.51. The lowest BCUT2D eigenvalue weighted by Gasteiger charge is -2.18. The highest BCUT2D eigenvalue weighted by molar-refractivity contribution is 9.10. The second kappa shape index (κ2) is 6.72. The maximum absolute atomic E-state index is 13.1. The van der Waals surface area contributed by atoms with Gasteiger partial charge in [0.05, 0.1) is 11.3 Å². The molecule has 0 saturated heterocycles. The van der Waals surface area contributed by atoms with E-state index in [1.54, 1.807) is 22.9 Å². The summed E-state index contributed by atoms with van der Waals surface area (Å²) in [6.45, 7) is 0. The van der Waals surface area contributed by atoms with E-state index in [4.69, 9.17) is 0 Å². The zero-order valence-electron chi connectivity index (χ0n) is 13.4. The van der Waals surface area contributed by atoms with Gasteiger partial charge in [-0.2, -0.15) is 13.2 Å². The molecule has 9 heteroatoms. The third kappa shape index (κ3) is 3.49. The van der Waals surface area contributed by atoms with Crippen LogP contribution in [-0.4, -0.2) is 9.66 Å². The second-order valence-corrected chi connectivity index (χ2v) is 7.30. The summed E-state index contributed by atoms with van der Waals surface area (Å²) in [5.74, 6) is -0.334. The molecule has 0 radical (unpaired) electrons. The molecule has 0 fully saturated rings. The van der Waals surface area contributed by atoms with Crippen molar-refractivity contribution in [2.75, 3.05) is 5.43 Å². The average molecular weight is 456 g/mol. The van der Waals surface area contributed by atoms with Crippen molar-refractivity contribution in [3.8, 4) is 11.3 Å². The summed E-state index contributed by atoms with van der Waals surface area (Å²) in [6, 6.07) is 11.0. The Bertz CT molecular complexity index is 1040. The number of aromatic nitrogens is 2. The molecule has 0 bridgehead atoms. The van der Waals surface area contributed by atoms with Crippen LogP contribution in [0.25, 0.3) is 17.0 Å². The minimum absolute atomic E-state index is 0.334. The quantitative estimate of drug-likeness (QED) is 0.472. The van der Waals surface area contributed by atoms with Crippen LogP contribution in [0.5, 0.6) is 0 Å². The van der Waals surface area contributed by atoms with Gasteiger partial charge in [0.1, 0.15) is 16.1 Å². The van der Waals surface area contributed by atoms with Crippen LogP contribution in [0.4, 0.5) is 17.6 Å². The number of thioether (sulfide) groups is 1. The highest BCUT2D eigenvalue weighted by Crippen LogP contribution is 2.38. The Morgan fingerprint density at radius 3 is 2.48 bits per heavy atom. The SMILES string of the molecule is Fc1ccc(C2=CSc3nc(-c4cccc(C(F)(F)F)c4)c(Br)n3N2)cc1. The van der Waals surface area contributed by atoms with Crippen LogP contribution in [0.15, 0.2) is 63.7 Å². The summed E-state index contributed by atoms with van der Waals surface area (Å²) < 4.78 is 54.2. The molecule has 27 heavy (non-hydrogen) atoms. The minimum Gasteiger partial charge on any atom is -0.290 e. The highest BCUT2D eigenvalue weighted by atomic mass is 79.9. The van der Waals surface area contributed by atoms with Gasteiger partial charge in [0.25, 0.3) is 0 Å². The zero-order chi connectivity index (χ0) is 19.2. The molecule has 0 spiro atoms. The molecule has 4 rings (SSSR count). The zero-order valence-corrected chi connectivity index (χ0v) is 15.8. The van der Waals surface area contributed by atoms with Gasteiger partial charge in [0.15, 0.2) is 5.16 Å². The molecule has 1 aliphatic rings. The summed E-state index contributed by atoms with van der Waals surface area (Å²) >= 11 is 4.73. The number of hydrogen-bond donors (Lipinski definition) is 1. The Balaban J connectivity index is 1.69. The van der Waals surface area contributed by atoms with E-state index in [2.05, 4.69) is 26.3 Å². The molecule has 0 saturated carbocycles. The molecular formula is C18H10BrF4N3S. The first-order valence-corrected chi connectivity index (χ1v) is 9.36. The van der Waals surface area contributed by atoms with Gasteiger partial charge in [0.2, 0.25) is 0 Å². The lowest BCUT2D eigenvalue weighted by Crippen LogP contribution is -2.17. The van der Waals surface area contributed by atoms with Crippen molar-refractivity contribution in [1.82, 2.24) is 9.66 Å². The van der Waals surface area contributed by atoms with Gasteiger partial charge in [-0.15, -0.1) is 0 Å². The number of hydrogen-bond acceptors (Lipinski definition) is 3. The fourth-order valence-electron chi connectivity index (χ4n) is 2.60. The van der Waals surface area contributed by atoms with E-state index in [1.807, 2.05) is 5.41 Å². The number of rotatable bonds is 2. The van der Waals surface area contributed by atoms with Crippen molar-refractivity contribution in [2.45, 2.75) is 11.3 Å². The van der Waals surface area contributed by atoms with Crippen molar-refractivity contribution in [3.63, 3.8) is 0 Å². The van der Waals surface area contributed by atoms with E-state index in [0.29, 0.717) is 21.0 Å². The van der Waals surface area contributed by atoms with Gasteiger partial charge < -0.3 is 0 Å². The van der Waals surface area contributed by atoms with Gasteiger partial charge >= 0.3 is 6.18 Å². The molecule has 0 aliphatic carbocycles. The van der Waals surface area contributed by atoms with E-state index < -0.39 is 11.7 Å². The summed E-state index contributed by atoms with van der Waals surface area (Å²) in [4.78, 5) is 4.43. The smallest absolute Gasteiger partial charge is 0.290 e. The third-order valence-corrected chi connectivity index (χ3v) is 5.49. The number of fused-ring (bicyclic) bond motifs is 1.